The molecule has 0 aromatic heterocycles. The lowest BCUT2D eigenvalue weighted by Gasteiger charge is -2.14. The van der Waals surface area contributed by atoms with Crippen LogP contribution < -0.4 is 4.74 Å². The van der Waals surface area contributed by atoms with E-state index in [0.717, 1.165) is 17.7 Å². The Balaban J connectivity index is 1.94. The Labute approximate surface area is 94.4 Å². The minimum atomic E-state index is -0.865. The maximum atomic E-state index is 10.7. The summed E-state index contributed by atoms with van der Waals surface area (Å²) in [6.07, 6.45) is -0.117. The highest BCUT2D eigenvalue weighted by Gasteiger charge is 2.27. The average Bonchev–Trinajstić information content (AvgIpc) is 2.66. The Morgan fingerprint density at radius 3 is 3.00 bits per heavy atom. The van der Waals surface area contributed by atoms with E-state index < -0.39 is 6.09 Å². The van der Waals surface area contributed by atoms with E-state index in [1.165, 1.54) is 4.90 Å². The van der Waals surface area contributed by atoms with Crippen LogP contribution in [0, 0.1) is 6.92 Å². The van der Waals surface area contributed by atoms with Crippen molar-refractivity contribution in [3.8, 4) is 5.75 Å². The fourth-order valence-electron chi connectivity index (χ4n) is 1.88. The number of likely N-dealkylation sites (tertiary alicyclic amines) is 1. The largest absolute Gasteiger partial charge is 0.489 e. The third-order valence-electron chi connectivity index (χ3n) is 2.71. The summed E-state index contributed by atoms with van der Waals surface area (Å²) in [7, 11) is 0. The number of aryl methyl sites for hydroxylation is 1. The van der Waals surface area contributed by atoms with Gasteiger partial charge >= 0.3 is 6.09 Å². The number of carboxylic acid groups (broad SMARTS) is 1. The van der Waals surface area contributed by atoms with E-state index in [0.29, 0.717) is 13.1 Å². The third-order valence-corrected chi connectivity index (χ3v) is 2.71. The molecule has 1 aromatic rings. The van der Waals surface area contributed by atoms with Crippen molar-refractivity contribution in [3.63, 3.8) is 0 Å². The van der Waals surface area contributed by atoms with Crippen LogP contribution in [0.2, 0.25) is 0 Å². The van der Waals surface area contributed by atoms with Crippen LogP contribution in [0.25, 0.3) is 0 Å². The van der Waals surface area contributed by atoms with E-state index in [2.05, 4.69) is 0 Å². The zero-order valence-electron chi connectivity index (χ0n) is 9.22. The van der Waals surface area contributed by atoms with Gasteiger partial charge in [0.15, 0.2) is 0 Å². The topological polar surface area (TPSA) is 49.8 Å². The highest BCUT2D eigenvalue weighted by molar-refractivity contribution is 5.65. The normalized spacial score (nSPS) is 19.8. The molecular weight excluding hydrogens is 206 g/mol. The Morgan fingerprint density at radius 1 is 1.56 bits per heavy atom. The van der Waals surface area contributed by atoms with Crippen LogP contribution in [0.4, 0.5) is 4.79 Å². The first kappa shape index (κ1) is 10.8. The van der Waals surface area contributed by atoms with Gasteiger partial charge in [-0.05, 0) is 24.6 Å². The number of ether oxygens (including phenoxy) is 1. The number of amides is 1. The monoisotopic (exact) mass is 221 g/mol. The molecule has 0 spiro atoms. The fourth-order valence-corrected chi connectivity index (χ4v) is 1.88. The lowest BCUT2D eigenvalue weighted by atomic mass is 10.2. The molecule has 1 amide bonds. The molecule has 4 nitrogen and oxygen atoms in total. The molecule has 1 aliphatic rings. The van der Waals surface area contributed by atoms with E-state index in [1.807, 2.05) is 31.2 Å². The highest BCUT2D eigenvalue weighted by atomic mass is 16.5. The second kappa shape index (κ2) is 4.43. The fraction of sp³-hybridized carbons (Fsp3) is 0.417. The minimum absolute atomic E-state index is 0.0158. The number of benzene rings is 1. The van der Waals surface area contributed by atoms with E-state index >= 15 is 0 Å². The first-order valence-corrected chi connectivity index (χ1v) is 5.36. The number of hydrogen-bond donors (Lipinski definition) is 1. The highest BCUT2D eigenvalue weighted by Crippen LogP contribution is 2.19. The van der Waals surface area contributed by atoms with Crippen LogP contribution in [-0.2, 0) is 0 Å². The van der Waals surface area contributed by atoms with Gasteiger partial charge in [-0.1, -0.05) is 12.1 Å². The van der Waals surface area contributed by atoms with Crippen molar-refractivity contribution in [3.05, 3.63) is 29.8 Å². The Hall–Kier alpha value is -1.71. The predicted molar refractivity (Wildman–Crippen MR) is 59.8 cm³/mol. The van der Waals surface area contributed by atoms with E-state index in [9.17, 15) is 4.79 Å². The number of nitrogens with zero attached hydrogens (tertiary/aromatic N) is 1. The van der Waals surface area contributed by atoms with E-state index in [4.69, 9.17) is 9.84 Å². The van der Waals surface area contributed by atoms with Crippen LogP contribution in [0.5, 0.6) is 5.75 Å². The van der Waals surface area contributed by atoms with Gasteiger partial charge in [0.05, 0.1) is 6.54 Å². The molecule has 1 atom stereocenters. The Kier molecular flexibility index (Phi) is 2.99. The van der Waals surface area contributed by atoms with Gasteiger partial charge in [-0.15, -0.1) is 0 Å². The summed E-state index contributed by atoms with van der Waals surface area (Å²) in [6.45, 7) is 3.03. The molecule has 86 valence electrons. The average molecular weight is 221 g/mol. The van der Waals surface area contributed by atoms with Crippen molar-refractivity contribution in [2.45, 2.75) is 19.4 Å². The van der Waals surface area contributed by atoms with E-state index in [1.54, 1.807) is 0 Å². The molecule has 1 aliphatic heterocycles. The lowest BCUT2D eigenvalue weighted by molar-refractivity contribution is 0.145. The molecule has 1 unspecified atom stereocenters. The molecule has 4 heteroatoms. The standard InChI is InChI=1S/C12H15NO3/c1-9-3-2-4-10(7-9)16-11-5-6-13(8-11)12(14)15/h2-4,7,11H,5-6,8H2,1H3,(H,14,15). The van der Waals surface area contributed by atoms with Gasteiger partial charge in [0.2, 0.25) is 0 Å². The molecule has 0 bridgehead atoms. The summed E-state index contributed by atoms with van der Waals surface area (Å²) >= 11 is 0. The van der Waals surface area contributed by atoms with Crippen molar-refractivity contribution in [2.24, 2.45) is 0 Å². The second-order valence-corrected chi connectivity index (χ2v) is 4.07. The van der Waals surface area contributed by atoms with Gasteiger partial charge in [0.1, 0.15) is 11.9 Å². The van der Waals surface area contributed by atoms with Crippen LogP contribution in [0.3, 0.4) is 0 Å². The molecule has 0 radical (unpaired) electrons. The van der Waals surface area contributed by atoms with Crippen molar-refractivity contribution in [2.75, 3.05) is 13.1 Å². The first-order valence-electron chi connectivity index (χ1n) is 5.36. The SMILES string of the molecule is Cc1cccc(OC2CCN(C(=O)O)C2)c1. The summed E-state index contributed by atoms with van der Waals surface area (Å²) in [5.41, 5.74) is 1.14. The number of hydrogen-bond acceptors (Lipinski definition) is 2. The first-order chi connectivity index (χ1) is 7.65. The van der Waals surface area contributed by atoms with E-state index in [-0.39, 0.29) is 6.10 Å². The quantitative estimate of drug-likeness (QED) is 0.832. The van der Waals surface area contributed by atoms with Crippen molar-refractivity contribution in [1.29, 1.82) is 0 Å². The zero-order chi connectivity index (χ0) is 11.5. The van der Waals surface area contributed by atoms with Crippen LogP contribution in [-0.4, -0.2) is 35.3 Å². The molecule has 1 N–H and O–H groups in total. The predicted octanol–water partition coefficient (Wildman–Crippen LogP) is 2.13. The lowest BCUT2D eigenvalue weighted by Crippen LogP contribution is -2.29. The van der Waals surface area contributed by atoms with Crippen LogP contribution in [0.1, 0.15) is 12.0 Å². The van der Waals surface area contributed by atoms with Gasteiger partial charge in [0, 0.05) is 13.0 Å². The van der Waals surface area contributed by atoms with Crippen LogP contribution in [0.15, 0.2) is 24.3 Å². The molecule has 0 saturated carbocycles. The van der Waals surface area contributed by atoms with Gasteiger partial charge < -0.3 is 14.7 Å². The van der Waals surface area contributed by atoms with Gasteiger partial charge in [0.25, 0.3) is 0 Å². The summed E-state index contributed by atoms with van der Waals surface area (Å²) in [5.74, 6) is 0.817. The summed E-state index contributed by atoms with van der Waals surface area (Å²) in [4.78, 5) is 12.1. The number of carbonyl (C=O) groups is 1. The molecule has 0 aliphatic carbocycles. The maximum absolute atomic E-state index is 10.7. The molecular formula is C12H15NO3. The van der Waals surface area contributed by atoms with Crippen molar-refractivity contribution >= 4 is 6.09 Å². The third kappa shape index (κ3) is 2.45. The molecule has 16 heavy (non-hydrogen) atoms. The van der Waals surface area contributed by atoms with Crippen molar-refractivity contribution in [1.82, 2.24) is 4.90 Å². The Morgan fingerprint density at radius 2 is 2.38 bits per heavy atom. The van der Waals surface area contributed by atoms with Gasteiger partial charge in [-0.2, -0.15) is 0 Å². The Bertz CT molecular complexity index is 392. The molecule has 2 rings (SSSR count). The number of rotatable bonds is 2. The smallest absolute Gasteiger partial charge is 0.407 e. The van der Waals surface area contributed by atoms with Crippen molar-refractivity contribution < 1.29 is 14.6 Å². The zero-order valence-corrected chi connectivity index (χ0v) is 9.22. The summed E-state index contributed by atoms with van der Waals surface area (Å²) in [5, 5.41) is 8.81. The molecule has 1 fully saturated rings. The van der Waals surface area contributed by atoms with Gasteiger partial charge in [-0.25, -0.2) is 4.79 Å². The maximum Gasteiger partial charge on any atom is 0.407 e. The van der Waals surface area contributed by atoms with Gasteiger partial charge in [-0.3, -0.25) is 0 Å². The molecule has 1 heterocycles. The molecule has 1 saturated heterocycles. The summed E-state index contributed by atoms with van der Waals surface area (Å²) in [6, 6.07) is 7.81. The van der Waals surface area contributed by atoms with Crippen LogP contribution >= 0.6 is 0 Å². The molecule has 1 aromatic carbocycles. The minimum Gasteiger partial charge on any atom is -0.489 e. The second-order valence-electron chi connectivity index (χ2n) is 4.07. The summed E-state index contributed by atoms with van der Waals surface area (Å²) < 4.78 is 5.73.